The summed E-state index contributed by atoms with van der Waals surface area (Å²) >= 11 is 3.23. The second-order valence-corrected chi connectivity index (χ2v) is 5.24. The maximum Gasteiger partial charge on any atom is 0.274 e. The summed E-state index contributed by atoms with van der Waals surface area (Å²) in [6.45, 7) is 2.31. The highest BCUT2D eigenvalue weighted by Crippen LogP contribution is 2.31. The lowest BCUT2D eigenvalue weighted by molar-refractivity contribution is -0.385. The first-order valence-corrected chi connectivity index (χ1v) is 6.71. The summed E-state index contributed by atoms with van der Waals surface area (Å²) in [4.78, 5) is 10.4. The van der Waals surface area contributed by atoms with Gasteiger partial charge in [0.15, 0.2) is 0 Å². The molecule has 0 unspecified atom stereocenters. The number of nitro groups is 1. The van der Waals surface area contributed by atoms with Crippen molar-refractivity contribution >= 4 is 21.6 Å². The Bertz CT molecular complexity index is 659. The van der Waals surface area contributed by atoms with Crippen molar-refractivity contribution in [2.75, 3.05) is 0 Å². The van der Waals surface area contributed by atoms with Crippen molar-refractivity contribution in [1.82, 2.24) is 0 Å². The third-order valence-corrected chi connectivity index (χ3v) is 3.19. The van der Waals surface area contributed by atoms with Crippen molar-refractivity contribution in [3.63, 3.8) is 0 Å². The third kappa shape index (κ3) is 3.34. The molecule has 2 N–H and O–H groups in total. The molecule has 0 saturated heterocycles. The molecule has 2 aromatic rings. The van der Waals surface area contributed by atoms with E-state index in [-0.39, 0.29) is 5.69 Å². The van der Waals surface area contributed by atoms with Gasteiger partial charge in [0.1, 0.15) is 11.5 Å². The minimum absolute atomic E-state index is 0.0317. The molecule has 5 nitrogen and oxygen atoms in total. The summed E-state index contributed by atoms with van der Waals surface area (Å²) in [5, 5.41) is 10.8. The molecular weight excluding hydrogens is 324 g/mol. The van der Waals surface area contributed by atoms with Crippen molar-refractivity contribution in [3.05, 3.63) is 62.1 Å². The van der Waals surface area contributed by atoms with Gasteiger partial charge in [-0.15, -0.1) is 0 Å². The zero-order valence-corrected chi connectivity index (χ0v) is 12.4. The fourth-order valence-electron chi connectivity index (χ4n) is 1.81. The molecule has 6 heteroatoms. The van der Waals surface area contributed by atoms with Gasteiger partial charge in [-0.2, -0.15) is 0 Å². The quantitative estimate of drug-likeness (QED) is 0.677. The smallest absolute Gasteiger partial charge is 0.274 e. The lowest BCUT2D eigenvalue weighted by Crippen LogP contribution is -2.00. The molecule has 0 heterocycles. The van der Waals surface area contributed by atoms with E-state index in [9.17, 15) is 10.1 Å². The summed E-state index contributed by atoms with van der Waals surface area (Å²) in [7, 11) is 0. The summed E-state index contributed by atoms with van der Waals surface area (Å²) in [6.07, 6.45) is 0. The van der Waals surface area contributed by atoms with Crippen LogP contribution in [-0.4, -0.2) is 4.92 Å². The number of nitro benzene ring substituents is 1. The molecule has 2 rings (SSSR count). The third-order valence-electron chi connectivity index (χ3n) is 2.73. The molecule has 0 aliphatic heterocycles. The number of aryl methyl sites for hydroxylation is 1. The number of nitrogens with zero attached hydrogens (tertiary/aromatic N) is 1. The number of ether oxygens (including phenoxy) is 1. The maximum absolute atomic E-state index is 10.8. The molecule has 0 saturated carbocycles. The molecule has 0 atom stereocenters. The van der Waals surface area contributed by atoms with E-state index in [0.717, 1.165) is 11.1 Å². The number of halogens is 1. The molecule has 0 spiro atoms. The second kappa shape index (κ2) is 6.02. The van der Waals surface area contributed by atoms with E-state index in [4.69, 9.17) is 10.5 Å². The van der Waals surface area contributed by atoms with E-state index in [0.29, 0.717) is 22.5 Å². The molecule has 104 valence electrons. The van der Waals surface area contributed by atoms with Crippen LogP contribution >= 0.6 is 15.9 Å². The first kappa shape index (κ1) is 14.5. The van der Waals surface area contributed by atoms with Crippen LogP contribution in [0.4, 0.5) is 5.69 Å². The Kier molecular flexibility index (Phi) is 4.36. The molecule has 2 aromatic carbocycles. The predicted octanol–water partition coefficient (Wildman–Crippen LogP) is 3.92. The second-order valence-electron chi connectivity index (χ2n) is 4.32. The van der Waals surface area contributed by atoms with Crippen LogP contribution < -0.4 is 10.5 Å². The van der Waals surface area contributed by atoms with Gasteiger partial charge in [-0.05, 0) is 19.1 Å². The molecule has 0 amide bonds. The zero-order chi connectivity index (χ0) is 14.7. The van der Waals surface area contributed by atoms with Gasteiger partial charge in [0.25, 0.3) is 5.69 Å². The lowest BCUT2D eigenvalue weighted by Gasteiger charge is -2.11. The molecule has 0 aliphatic carbocycles. The van der Waals surface area contributed by atoms with Crippen LogP contribution in [0.15, 0.2) is 40.9 Å². The van der Waals surface area contributed by atoms with E-state index in [1.165, 1.54) is 12.1 Å². The number of nitrogens with two attached hydrogens (primary N) is 1. The topological polar surface area (TPSA) is 78.4 Å². The fourth-order valence-corrected chi connectivity index (χ4v) is 2.27. The average molecular weight is 337 g/mol. The van der Waals surface area contributed by atoms with Crippen molar-refractivity contribution in [2.24, 2.45) is 5.73 Å². The van der Waals surface area contributed by atoms with E-state index >= 15 is 0 Å². The average Bonchev–Trinajstić information content (AvgIpc) is 2.40. The van der Waals surface area contributed by atoms with Crippen molar-refractivity contribution < 1.29 is 9.66 Å². The Morgan fingerprint density at radius 1 is 1.30 bits per heavy atom. The highest BCUT2D eigenvalue weighted by atomic mass is 79.9. The van der Waals surface area contributed by atoms with Crippen LogP contribution in [0, 0.1) is 17.0 Å². The van der Waals surface area contributed by atoms with Gasteiger partial charge >= 0.3 is 0 Å². The molecule has 0 radical (unpaired) electrons. The van der Waals surface area contributed by atoms with Crippen LogP contribution in [-0.2, 0) is 6.54 Å². The Hall–Kier alpha value is -1.92. The van der Waals surface area contributed by atoms with E-state index in [2.05, 4.69) is 15.9 Å². The maximum atomic E-state index is 10.8. The summed E-state index contributed by atoms with van der Waals surface area (Å²) < 4.78 is 6.30. The Balaban J connectivity index is 2.37. The normalized spacial score (nSPS) is 10.3. The number of benzene rings is 2. The highest BCUT2D eigenvalue weighted by molar-refractivity contribution is 9.10. The summed E-state index contributed by atoms with van der Waals surface area (Å²) in [5.74, 6) is 0.995. The van der Waals surface area contributed by atoms with Crippen LogP contribution in [0.3, 0.4) is 0 Å². The number of hydrogen-bond donors (Lipinski definition) is 1. The highest BCUT2D eigenvalue weighted by Gasteiger charge is 2.11. The molecule has 20 heavy (non-hydrogen) atoms. The van der Waals surface area contributed by atoms with Gasteiger partial charge in [0, 0.05) is 22.6 Å². The van der Waals surface area contributed by atoms with Gasteiger partial charge in [-0.25, -0.2) is 0 Å². The number of non-ortho nitro benzene ring substituents is 1. The van der Waals surface area contributed by atoms with Gasteiger partial charge in [0.2, 0.25) is 0 Å². The van der Waals surface area contributed by atoms with Crippen molar-refractivity contribution in [3.8, 4) is 11.5 Å². The van der Waals surface area contributed by atoms with Crippen LogP contribution in [0.1, 0.15) is 11.1 Å². The molecule has 0 aromatic heterocycles. The minimum Gasteiger partial charge on any atom is -0.457 e. The van der Waals surface area contributed by atoms with Gasteiger partial charge in [-0.1, -0.05) is 33.6 Å². The van der Waals surface area contributed by atoms with E-state index < -0.39 is 4.92 Å². The van der Waals surface area contributed by atoms with Gasteiger partial charge in [-0.3, -0.25) is 10.1 Å². The fraction of sp³-hybridized carbons (Fsp3) is 0.143. The minimum atomic E-state index is -0.462. The molecule has 0 fully saturated rings. The SMILES string of the molecule is Cc1ccc(Oc2cc(Br)cc([N+](=O)[O-])c2)c(CN)c1. The number of rotatable bonds is 4. The van der Waals surface area contributed by atoms with Crippen LogP contribution in [0.2, 0.25) is 0 Å². The van der Waals surface area contributed by atoms with Crippen LogP contribution in [0.25, 0.3) is 0 Å². The summed E-state index contributed by atoms with van der Waals surface area (Å²) in [5.41, 5.74) is 7.59. The first-order valence-electron chi connectivity index (χ1n) is 5.92. The first-order chi connectivity index (χ1) is 9.49. The monoisotopic (exact) mass is 336 g/mol. The van der Waals surface area contributed by atoms with E-state index in [1.54, 1.807) is 6.07 Å². The van der Waals surface area contributed by atoms with E-state index in [1.807, 2.05) is 25.1 Å². The Morgan fingerprint density at radius 3 is 2.70 bits per heavy atom. The Labute approximate surface area is 124 Å². The van der Waals surface area contributed by atoms with Crippen molar-refractivity contribution in [2.45, 2.75) is 13.5 Å². The molecule has 0 aliphatic rings. The van der Waals surface area contributed by atoms with Crippen molar-refractivity contribution in [1.29, 1.82) is 0 Å². The lowest BCUT2D eigenvalue weighted by atomic mass is 10.1. The zero-order valence-electron chi connectivity index (χ0n) is 10.8. The Morgan fingerprint density at radius 2 is 2.05 bits per heavy atom. The van der Waals surface area contributed by atoms with Gasteiger partial charge < -0.3 is 10.5 Å². The standard InChI is InChI=1S/C14H13BrN2O3/c1-9-2-3-14(10(4-9)8-16)20-13-6-11(15)5-12(7-13)17(18)19/h2-7H,8,16H2,1H3. The largest absolute Gasteiger partial charge is 0.457 e. The van der Waals surface area contributed by atoms with Crippen LogP contribution in [0.5, 0.6) is 11.5 Å². The predicted molar refractivity (Wildman–Crippen MR) is 79.9 cm³/mol. The number of hydrogen-bond acceptors (Lipinski definition) is 4. The molecular formula is C14H13BrN2O3. The summed E-state index contributed by atoms with van der Waals surface area (Å²) in [6, 6.07) is 10.1. The molecule has 0 bridgehead atoms. The van der Waals surface area contributed by atoms with Gasteiger partial charge in [0.05, 0.1) is 11.0 Å².